The number of ketones is 1. The van der Waals surface area contributed by atoms with Gasteiger partial charge >= 0.3 is 0 Å². The van der Waals surface area contributed by atoms with Crippen molar-refractivity contribution in [3.8, 4) is 0 Å². The number of likely N-dealkylation sites (tertiary alicyclic amines) is 1. The lowest BCUT2D eigenvalue weighted by Gasteiger charge is -2.36. The molecule has 0 aromatic carbocycles. The Labute approximate surface area is 93.0 Å². The van der Waals surface area contributed by atoms with Gasteiger partial charge in [-0.1, -0.05) is 13.8 Å². The molecule has 1 heterocycles. The molecule has 0 aromatic heterocycles. The molecule has 1 saturated heterocycles. The summed E-state index contributed by atoms with van der Waals surface area (Å²) in [4.78, 5) is 13.8. The molecule has 1 fully saturated rings. The van der Waals surface area contributed by atoms with Crippen LogP contribution in [0.15, 0.2) is 0 Å². The van der Waals surface area contributed by atoms with Gasteiger partial charge in [0.2, 0.25) is 0 Å². The quantitative estimate of drug-likeness (QED) is 0.763. The van der Waals surface area contributed by atoms with Crippen molar-refractivity contribution in [2.24, 2.45) is 17.1 Å². The Morgan fingerprint density at radius 2 is 1.93 bits per heavy atom. The average molecular weight is 212 g/mol. The molecule has 0 bridgehead atoms. The maximum atomic E-state index is 11.4. The van der Waals surface area contributed by atoms with E-state index in [0.717, 1.165) is 26.2 Å². The van der Waals surface area contributed by atoms with E-state index in [4.69, 9.17) is 5.73 Å². The Kier molecular flexibility index (Phi) is 4.29. The van der Waals surface area contributed by atoms with Crippen LogP contribution >= 0.6 is 0 Å². The minimum atomic E-state index is -0.199. The van der Waals surface area contributed by atoms with Gasteiger partial charge in [-0.05, 0) is 45.3 Å². The zero-order chi connectivity index (χ0) is 11.5. The minimum absolute atomic E-state index is 0.199. The molecule has 0 unspecified atom stereocenters. The Bertz CT molecular complexity index is 218. The molecule has 0 aromatic rings. The van der Waals surface area contributed by atoms with Crippen LogP contribution < -0.4 is 5.73 Å². The first-order valence-corrected chi connectivity index (χ1v) is 5.89. The van der Waals surface area contributed by atoms with Gasteiger partial charge in [-0.15, -0.1) is 0 Å². The summed E-state index contributed by atoms with van der Waals surface area (Å²) in [6.07, 6.45) is 2.37. The highest BCUT2D eigenvalue weighted by Crippen LogP contribution is 2.22. The number of hydrogen-bond acceptors (Lipinski definition) is 3. The average Bonchev–Trinajstić information content (AvgIpc) is 2.18. The largest absolute Gasteiger partial charge is 0.330 e. The van der Waals surface area contributed by atoms with Gasteiger partial charge in [-0.3, -0.25) is 4.79 Å². The molecule has 1 rings (SSSR count). The van der Waals surface area contributed by atoms with Crippen LogP contribution in [-0.2, 0) is 4.79 Å². The molecule has 15 heavy (non-hydrogen) atoms. The molecule has 3 nitrogen and oxygen atoms in total. The van der Waals surface area contributed by atoms with E-state index in [1.165, 1.54) is 12.8 Å². The van der Waals surface area contributed by atoms with Crippen molar-refractivity contribution in [3.63, 3.8) is 0 Å². The second-order valence-corrected chi connectivity index (χ2v) is 5.40. The van der Waals surface area contributed by atoms with Gasteiger partial charge < -0.3 is 10.6 Å². The summed E-state index contributed by atoms with van der Waals surface area (Å²) in [5.41, 5.74) is 5.45. The Balaban J connectivity index is 2.38. The van der Waals surface area contributed by atoms with Crippen LogP contribution in [0.5, 0.6) is 0 Å². The van der Waals surface area contributed by atoms with Crippen LogP contribution in [0.1, 0.15) is 33.6 Å². The van der Waals surface area contributed by atoms with Crippen molar-refractivity contribution in [2.75, 3.05) is 26.2 Å². The lowest BCUT2D eigenvalue weighted by atomic mass is 9.87. The summed E-state index contributed by atoms with van der Waals surface area (Å²) in [6.45, 7) is 9.64. The molecule has 3 heteroatoms. The molecule has 2 N–H and O–H groups in total. The fraction of sp³-hybridized carbons (Fsp3) is 0.917. The number of nitrogens with zero attached hydrogens (tertiary/aromatic N) is 1. The van der Waals surface area contributed by atoms with Crippen LogP contribution in [0.2, 0.25) is 0 Å². The van der Waals surface area contributed by atoms with Crippen LogP contribution in [-0.4, -0.2) is 36.9 Å². The molecule has 0 aliphatic carbocycles. The van der Waals surface area contributed by atoms with Crippen molar-refractivity contribution in [1.82, 2.24) is 4.90 Å². The third-order valence-electron chi connectivity index (χ3n) is 3.61. The first kappa shape index (κ1) is 12.7. The van der Waals surface area contributed by atoms with E-state index in [1.807, 2.05) is 13.8 Å². The molecule has 1 aliphatic rings. The fourth-order valence-electron chi connectivity index (χ4n) is 2.05. The van der Waals surface area contributed by atoms with E-state index in [9.17, 15) is 4.79 Å². The molecule has 1 aliphatic heterocycles. The normalized spacial score (nSPS) is 20.5. The number of Topliss-reactive ketones (excluding diaryl/α,β-unsaturated/α-hetero) is 1. The number of hydrogen-bond donors (Lipinski definition) is 1. The lowest BCUT2D eigenvalue weighted by Crippen LogP contribution is -2.43. The summed E-state index contributed by atoms with van der Waals surface area (Å²) in [5, 5.41) is 0. The molecule has 0 atom stereocenters. The molecule has 0 spiro atoms. The van der Waals surface area contributed by atoms with E-state index < -0.39 is 0 Å². The molecule has 0 amide bonds. The first-order chi connectivity index (χ1) is 6.95. The minimum Gasteiger partial charge on any atom is -0.330 e. The number of rotatable bonds is 4. The number of carbonyl (C=O) groups excluding carboxylic acids is 1. The Morgan fingerprint density at radius 3 is 2.33 bits per heavy atom. The highest BCUT2D eigenvalue weighted by Gasteiger charge is 2.28. The molecular weight excluding hydrogens is 188 g/mol. The van der Waals surface area contributed by atoms with Crippen molar-refractivity contribution in [2.45, 2.75) is 33.6 Å². The van der Waals surface area contributed by atoms with Gasteiger partial charge in [-0.25, -0.2) is 0 Å². The summed E-state index contributed by atoms with van der Waals surface area (Å²) in [5.74, 6) is 0.977. The summed E-state index contributed by atoms with van der Waals surface area (Å²) in [6, 6.07) is 0. The van der Waals surface area contributed by atoms with Gasteiger partial charge in [0.1, 0.15) is 5.78 Å². The van der Waals surface area contributed by atoms with Crippen molar-refractivity contribution >= 4 is 5.78 Å². The number of piperidine rings is 1. The Hall–Kier alpha value is -0.410. The van der Waals surface area contributed by atoms with E-state index >= 15 is 0 Å². The van der Waals surface area contributed by atoms with Crippen molar-refractivity contribution in [1.29, 1.82) is 0 Å². The van der Waals surface area contributed by atoms with Crippen molar-refractivity contribution < 1.29 is 4.79 Å². The van der Waals surface area contributed by atoms with E-state index in [-0.39, 0.29) is 11.2 Å². The summed E-state index contributed by atoms with van der Waals surface area (Å²) < 4.78 is 0. The molecular formula is C12H24N2O. The lowest BCUT2D eigenvalue weighted by molar-refractivity contribution is -0.126. The number of nitrogens with two attached hydrogens (primary N) is 1. The van der Waals surface area contributed by atoms with E-state index in [2.05, 4.69) is 4.90 Å². The molecule has 88 valence electrons. The van der Waals surface area contributed by atoms with Gasteiger partial charge in [-0.2, -0.15) is 0 Å². The number of carbonyl (C=O) groups is 1. The van der Waals surface area contributed by atoms with E-state index in [1.54, 1.807) is 6.92 Å². The smallest absolute Gasteiger partial charge is 0.136 e. The van der Waals surface area contributed by atoms with Crippen LogP contribution in [0.4, 0.5) is 0 Å². The SMILES string of the molecule is CC(=O)C(C)(C)CN1CCC(CN)CC1. The standard InChI is InChI=1S/C12H24N2O/c1-10(15)12(2,3)9-14-6-4-11(8-13)5-7-14/h11H,4-9,13H2,1-3H3. The van der Waals surface area contributed by atoms with Gasteiger partial charge in [0.05, 0.1) is 0 Å². The van der Waals surface area contributed by atoms with Crippen LogP contribution in [0, 0.1) is 11.3 Å². The third kappa shape index (κ3) is 3.58. The summed E-state index contributed by atoms with van der Waals surface area (Å²) in [7, 11) is 0. The van der Waals surface area contributed by atoms with Gasteiger partial charge in [0, 0.05) is 12.0 Å². The predicted molar refractivity (Wildman–Crippen MR) is 62.7 cm³/mol. The Morgan fingerprint density at radius 1 is 1.40 bits per heavy atom. The highest BCUT2D eigenvalue weighted by molar-refractivity contribution is 5.81. The van der Waals surface area contributed by atoms with Crippen LogP contribution in [0.3, 0.4) is 0 Å². The predicted octanol–water partition coefficient (Wildman–Crippen LogP) is 1.27. The summed E-state index contributed by atoms with van der Waals surface area (Å²) >= 11 is 0. The highest BCUT2D eigenvalue weighted by atomic mass is 16.1. The van der Waals surface area contributed by atoms with E-state index in [0.29, 0.717) is 5.92 Å². The van der Waals surface area contributed by atoms with Crippen molar-refractivity contribution in [3.05, 3.63) is 0 Å². The first-order valence-electron chi connectivity index (χ1n) is 5.89. The topological polar surface area (TPSA) is 46.3 Å². The molecule has 0 radical (unpaired) electrons. The third-order valence-corrected chi connectivity index (χ3v) is 3.61. The maximum absolute atomic E-state index is 11.4. The van der Waals surface area contributed by atoms with Gasteiger partial charge in [0.15, 0.2) is 0 Å². The monoisotopic (exact) mass is 212 g/mol. The second kappa shape index (κ2) is 5.08. The fourth-order valence-corrected chi connectivity index (χ4v) is 2.05. The second-order valence-electron chi connectivity index (χ2n) is 5.40. The van der Waals surface area contributed by atoms with Gasteiger partial charge in [0.25, 0.3) is 0 Å². The molecule has 0 saturated carbocycles. The zero-order valence-electron chi connectivity index (χ0n) is 10.3. The maximum Gasteiger partial charge on any atom is 0.136 e. The van der Waals surface area contributed by atoms with Crippen LogP contribution in [0.25, 0.3) is 0 Å². The zero-order valence-corrected chi connectivity index (χ0v) is 10.3.